The van der Waals surface area contributed by atoms with Crippen molar-refractivity contribution in [1.29, 1.82) is 0 Å². The molecule has 104 valence electrons. The molecule has 0 aliphatic carbocycles. The summed E-state index contributed by atoms with van der Waals surface area (Å²) >= 11 is 0. The fraction of sp³-hybridized carbons (Fsp3) is 0.583. The molecule has 1 aliphatic rings. The molecular formula is C12H18N4O3. The van der Waals surface area contributed by atoms with Crippen LogP contribution in [0.4, 0.5) is 5.82 Å². The molecule has 0 bridgehead atoms. The highest BCUT2D eigenvalue weighted by molar-refractivity contribution is 5.87. The van der Waals surface area contributed by atoms with Gasteiger partial charge in [0.1, 0.15) is 5.82 Å². The molecule has 19 heavy (non-hydrogen) atoms. The highest BCUT2D eigenvalue weighted by Crippen LogP contribution is 2.10. The van der Waals surface area contributed by atoms with Crippen LogP contribution in [0.1, 0.15) is 10.5 Å². The molecular weight excluding hydrogens is 248 g/mol. The zero-order valence-corrected chi connectivity index (χ0v) is 11.1. The summed E-state index contributed by atoms with van der Waals surface area (Å²) in [4.78, 5) is 21.5. The number of morpholine rings is 1. The van der Waals surface area contributed by atoms with Crippen molar-refractivity contribution in [3.05, 3.63) is 18.1 Å². The predicted molar refractivity (Wildman–Crippen MR) is 69.3 cm³/mol. The van der Waals surface area contributed by atoms with Crippen LogP contribution in [0.25, 0.3) is 0 Å². The second-order valence-corrected chi connectivity index (χ2v) is 4.33. The van der Waals surface area contributed by atoms with Gasteiger partial charge in [0.25, 0.3) is 0 Å². The van der Waals surface area contributed by atoms with E-state index in [2.05, 4.69) is 20.0 Å². The highest BCUT2D eigenvalue weighted by Gasteiger charge is 2.17. The summed E-state index contributed by atoms with van der Waals surface area (Å²) in [6.07, 6.45) is 3.12. The largest absolute Gasteiger partial charge is 0.464 e. The first-order valence-electron chi connectivity index (χ1n) is 6.14. The van der Waals surface area contributed by atoms with Gasteiger partial charge < -0.3 is 19.7 Å². The van der Waals surface area contributed by atoms with Crippen molar-refractivity contribution in [3.8, 4) is 0 Å². The first-order chi connectivity index (χ1) is 9.20. The number of rotatable bonds is 4. The van der Waals surface area contributed by atoms with E-state index in [1.165, 1.54) is 13.3 Å². The highest BCUT2D eigenvalue weighted by atomic mass is 16.5. The molecule has 0 aromatic carbocycles. The van der Waals surface area contributed by atoms with Crippen molar-refractivity contribution in [3.63, 3.8) is 0 Å². The Kier molecular flexibility index (Phi) is 4.64. The Bertz CT molecular complexity index is 435. The van der Waals surface area contributed by atoms with Gasteiger partial charge in [-0.25, -0.2) is 9.78 Å². The van der Waals surface area contributed by atoms with Crippen LogP contribution in [0.3, 0.4) is 0 Å². The molecule has 1 aromatic heterocycles. The number of methoxy groups -OCH3 is 1. The van der Waals surface area contributed by atoms with Gasteiger partial charge in [-0.3, -0.25) is 4.98 Å². The number of aromatic nitrogens is 2. The molecule has 2 rings (SSSR count). The van der Waals surface area contributed by atoms with Crippen LogP contribution < -0.4 is 10.2 Å². The van der Waals surface area contributed by atoms with Gasteiger partial charge in [-0.15, -0.1) is 0 Å². The Morgan fingerprint density at radius 1 is 1.63 bits per heavy atom. The molecule has 1 saturated heterocycles. The fourth-order valence-electron chi connectivity index (χ4n) is 1.88. The van der Waals surface area contributed by atoms with E-state index in [0.29, 0.717) is 19.0 Å². The molecule has 0 saturated carbocycles. The van der Waals surface area contributed by atoms with E-state index < -0.39 is 5.97 Å². The van der Waals surface area contributed by atoms with Gasteiger partial charge in [0, 0.05) is 26.7 Å². The zero-order valence-electron chi connectivity index (χ0n) is 11.1. The second-order valence-electron chi connectivity index (χ2n) is 4.33. The summed E-state index contributed by atoms with van der Waals surface area (Å²) in [6.45, 7) is 3.10. The number of nitrogens with zero attached hydrogens (tertiary/aromatic N) is 3. The van der Waals surface area contributed by atoms with Gasteiger partial charge in [0.05, 0.1) is 32.2 Å². The number of hydrogen-bond donors (Lipinski definition) is 1. The Hall–Kier alpha value is -1.73. The van der Waals surface area contributed by atoms with Gasteiger partial charge in [-0.05, 0) is 0 Å². The van der Waals surface area contributed by atoms with Crippen LogP contribution >= 0.6 is 0 Å². The zero-order chi connectivity index (χ0) is 13.7. The lowest BCUT2D eigenvalue weighted by Crippen LogP contribution is -2.44. The second kappa shape index (κ2) is 6.44. The molecule has 1 N–H and O–H groups in total. The number of likely N-dealkylation sites (N-methyl/N-ethyl adjacent to an activating group) is 1. The molecule has 7 nitrogen and oxygen atoms in total. The molecule has 1 unspecified atom stereocenters. The van der Waals surface area contributed by atoms with Crippen molar-refractivity contribution in [1.82, 2.24) is 15.3 Å². The monoisotopic (exact) mass is 266 g/mol. The van der Waals surface area contributed by atoms with Crippen LogP contribution in [0.5, 0.6) is 0 Å². The van der Waals surface area contributed by atoms with E-state index in [4.69, 9.17) is 4.74 Å². The van der Waals surface area contributed by atoms with Crippen LogP contribution in [0, 0.1) is 0 Å². The molecule has 2 heterocycles. The standard InChI is InChI=1S/C12H18N4O3/c1-16(8-9-5-13-3-4-19-9)11-7-14-6-10(15-11)12(17)18-2/h6-7,9,13H,3-5,8H2,1-2H3. The van der Waals surface area contributed by atoms with Crippen molar-refractivity contribution >= 4 is 11.8 Å². The third-order valence-corrected chi connectivity index (χ3v) is 2.89. The SMILES string of the molecule is COC(=O)c1cncc(N(C)CC2CNCCO2)n1. The van der Waals surface area contributed by atoms with Gasteiger partial charge in [-0.2, -0.15) is 0 Å². The Morgan fingerprint density at radius 2 is 2.47 bits per heavy atom. The van der Waals surface area contributed by atoms with Crippen LogP contribution in [-0.4, -0.2) is 62.4 Å². The van der Waals surface area contributed by atoms with Gasteiger partial charge in [0.15, 0.2) is 5.69 Å². The van der Waals surface area contributed by atoms with Gasteiger partial charge >= 0.3 is 5.97 Å². The number of carbonyl (C=O) groups is 1. The molecule has 0 spiro atoms. The molecule has 1 atom stereocenters. The number of nitrogens with one attached hydrogen (secondary N) is 1. The van der Waals surface area contributed by atoms with E-state index in [-0.39, 0.29) is 11.8 Å². The summed E-state index contributed by atoms with van der Waals surface area (Å²) in [6, 6.07) is 0. The molecule has 0 amide bonds. The fourth-order valence-corrected chi connectivity index (χ4v) is 1.88. The van der Waals surface area contributed by atoms with Crippen LogP contribution in [0.15, 0.2) is 12.4 Å². The van der Waals surface area contributed by atoms with E-state index in [9.17, 15) is 4.79 Å². The van der Waals surface area contributed by atoms with Crippen molar-refractivity contribution in [2.45, 2.75) is 6.10 Å². The maximum atomic E-state index is 11.4. The number of esters is 1. The summed E-state index contributed by atoms with van der Waals surface area (Å²) < 4.78 is 10.3. The van der Waals surface area contributed by atoms with E-state index in [1.807, 2.05) is 11.9 Å². The minimum atomic E-state index is -0.488. The number of hydrogen-bond acceptors (Lipinski definition) is 7. The average Bonchev–Trinajstić information content (AvgIpc) is 2.47. The quantitative estimate of drug-likeness (QED) is 0.749. The van der Waals surface area contributed by atoms with Crippen molar-refractivity contribution in [2.75, 3.05) is 45.3 Å². The van der Waals surface area contributed by atoms with Crippen LogP contribution in [0.2, 0.25) is 0 Å². The van der Waals surface area contributed by atoms with E-state index in [1.54, 1.807) is 6.20 Å². The molecule has 7 heteroatoms. The maximum Gasteiger partial charge on any atom is 0.358 e. The lowest BCUT2D eigenvalue weighted by atomic mass is 10.3. The number of carbonyl (C=O) groups excluding carboxylic acids is 1. The summed E-state index contributed by atoms with van der Waals surface area (Å²) in [5, 5.41) is 3.27. The third-order valence-electron chi connectivity index (χ3n) is 2.89. The van der Waals surface area contributed by atoms with E-state index in [0.717, 1.165) is 13.1 Å². The van der Waals surface area contributed by atoms with Gasteiger partial charge in [-0.1, -0.05) is 0 Å². The molecule has 1 aromatic rings. The molecule has 0 radical (unpaired) electrons. The van der Waals surface area contributed by atoms with E-state index >= 15 is 0 Å². The summed E-state index contributed by atoms with van der Waals surface area (Å²) in [5.74, 6) is 0.135. The number of anilines is 1. The van der Waals surface area contributed by atoms with Gasteiger partial charge in [0.2, 0.25) is 0 Å². The summed E-state index contributed by atoms with van der Waals surface area (Å²) in [5.41, 5.74) is 0.203. The first-order valence-corrected chi connectivity index (χ1v) is 6.14. The Balaban J connectivity index is 2.01. The maximum absolute atomic E-state index is 11.4. The third kappa shape index (κ3) is 3.62. The first kappa shape index (κ1) is 13.7. The Labute approximate surface area is 111 Å². The lowest BCUT2D eigenvalue weighted by molar-refractivity contribution is 0.0339. The number of ether oxygens (including phenoxy) is 2. The smallest absolute Gasteiger partial charge is 0.358 e. The summed E-state index contributed by atoms with van der Waals surface area (Å²) in [7, 11) is 3.21. The van der Waals surface area contributed by atoms with Crippen molar-refractivity contribution < 1.29 is 14.3 Å². The van der Waals surface area contributed by atoms with Crippen LogP contribution in [-0.2, 0) is 9.47 Å². The average molecular weight is 266 g/mol. The minimum absolute atomic E-state index is 0.113. The minimum Gasteiger partial charge on any atom is -0.464 e. The van der Waals surface area contributed by atoms with Crippen molar-refractivity contribution in [2.24, 2.45) is 0 Å². The predicted octanol–water partition coefficient (Wildman–Crippen LogP) is -0.312. The topological polar surface area (TPSA) is 76.6 Å². The molecule has 1 aliphatic heterocycles. The Morgan fingerprint density at radius 3 is 3.16 bits per heavy atom. The molecule has 1 fully saturated rings. The normalized spacial score (nSPS) is 18.9. The lowest BCUT2D eigenvalue weighted by Gasteiger charge is -2.28.